The van der Waals surface area contributed by atoms with E-state index in [9.17, 15) is 18.0 Å². The van der Waals surface area contributed by atoms with E-state index in [-0.39, 0.29) is 22.5 Å². The maximum absolute atomic E-state index is 12.3. The van der Waals surface area contributed by atoms with Gasteiger partial charge in [-0.05, 0) is 30.9 Å². The van der Waals surface area contributed by atoms with Crippen LogP contribution in [0.2, 0.25) is 0 Å². The first kappa shape index (κ1) is 17.1. The van der Waals surface area contributed by atoms with Crippen molar-refractivity contribution < 1.29 is 18.0 Å². The fourth-order valence-electron chi connectivity index (χ4n) is 2.66. The third kappa shape index (κ3) is 5.19. The second-order valence-electron chi connectivity index (χ2n) is 5.70. The Morgan fingerprint density at radius 1 is 1.45 bits per heavy atom. The van der Waals surface area contributed by atoms with E-state index in [0.29, 0.717) is 17.7 Å². The molecule has 1 fully saturated rings. The molecule has 7 heteroatoms. The summed E-state index contributed by atoms with van der Waals surface area (Å²) in [7, 11) is 0. The molecule has 1 aromatic heterocycles. The lowest BCUT2D eigenvalue weighted by molar-refractivity contribution is -0.105. The highest BCUT2D eigenvalue weighted by Gasteiger charge is 2.29. The molecule has 1 amide bonds. The number of hydrogen-bond donors (Lipinski definition) is 1. The van der Waals surface area contributed by atoms with Crippen LogP contribution in [0.3, 0.4) is 0 Å². The van der Waals surface area contributed by atoms with Gasteiger partial charge in [-0.15, -0.1) is 0 Å². The predicted molar refractivity (Wildman–Crippen MR) is 79.9 cm³/mol. The lowest BCUT2D eigenvalue weighted by Crippen LogP contribution is -2.38. The molecule has 1 aliphatic carbocycles. The number of thioether (sulfide) groups is 1. The fraction of sp³-hybridized carbons (Fsp3) is 0.600. The zero-order chi connectivity index (χ0) is 16.2. The van der Waals surface area contributed by atoms with Gasteiger partial charge in [0, 0.05) is 12.2 Å². The molecule has 0 bridgehead atoms. The number of hydrogen-bond acceptors (Lipinski definition) is 3. The largest absolute Gasteiger partial charge is 0.398 e. The molecular formula is C15H19F3N2OS. The second kappa shape index (κ2) is 7.35. The normalized spacial score (nSPS) is 22.4. The molecule has 2 atom stereocenters. The Balaban J connectivity index is 2.02. The van der Waals surface area contributed by atoms with Crippen molar-refractivity contribution in [3.63, 3.8) is 0 Å². The van der Waals surface area contributed by atoms with Crippen molar-refractivity contribution in [3.8, 4) is 0 Å². The minimum Gasteiger partial charge on any atom is -0.349 e. The molecule has 0 saturated heterocycles. The van der Waals surface area contributed by atoms with Crippen molar-refractivity contribution in [3.05, 3.63) is 23.9 Å². The number of carbonyl (C=O) groups is 1. The quantitative estimate of drug-likeness (QED) is 0.846. The second-order valence-corrected chi connectivity index (χ2v) is 6.67. The van der Waals surface area contributed by atoms with Crippen LogP contribution in [0.4, 0.5) is 13.2 Å². The van der Waals surface area contributed by atoms with Crippen LogP contribution in [-0.4, -0.2) is 28.9 Å². The van der Waals surface area contributed by atoms with Crippen LogP contribution in [0.1, 0.15) is 43.0 Å². The molecule has 2 rings (SSSR count). The van der Waals surface area contributed by atoms with Crippen LogP contribution in [0.25, 0.3) is 0 Å². The highest BCUT2D eigenvalue weighted by Crippen LogP contribution is 2.28. The summed E-state index contributed by atoms with van der Waals surface area (Å²) >= 11 is 0.548. The number of alkyl halides is 3. The minimum atomic E-state index is -4.28. The van der Waals surface area contributed by atoms with Crippen molar-refractivity contribution in [2.45, 2.75) is 49.9 Å². The van der Waals surface area contributed by atoms with Crippen LogP contribution in [0, 0.1) is 5.92 Å². The predicted octanol–water partition coefficient (Wildman–Crippen LogP) is 4.04. The van der Waals surface area contributed by atoms with Crippen molar-refractivity contribution in [2.24, 2.45) is 5.92 Å². The van der Waals surface area contributed by atoms with Gasteiger partial charge in [0.15, 0.2) is 0 Å². The molecule has 0 aromatic carbocycles. The summed E-state index contributed by atoms with van der Waals surface area (Å²) in [6.45, 7) is 2.15. The minimum absolute atomic E-state index is 0.0944. The first-order valence-corrected chi connectivity index (χ1v) is 8.29. The first-order valence-electron chi connectivity index (χ1n) is 7.30. The molecular weight excluding hydrogens is 313 g/mol. The van der Waals surface area contributed by atoms with Crippen molar-refractivity contribution in [1.29, 1.82) is 0 Å². The Kier molecular flexibility index (Phi) is 5.72. The summed E-state index contributed by atoms with van der Waals surface area (Å²) in [5, 5.41) is 3.06. The number of amides is 1. The van der Waals surface area contributed by atoms with Crippen LogP contribution in [0.15, 0.2) is 23.4 Å². The van der Waals surface area contributed by atoms with Crippen molar-refractivity contribution in [2.75, 3.05) is 5.75 Å². The SMILES string of the molecule is C[C@@H]1CCC[C@@H](NC(=O)c2cccnc2SCC(F)(F)F)C1. The molecule has 3 nitrogen and oxygen atoms in total. The van der Waals surface area contributed by atoms with E-state index in [1.165, 1.54) is 12.3 Å². The van der Waals surface area contributed by atoms with Gasteiger partial charge in [-0.25, -0.2) is 4.98 Å². The Labute approximate surface area is 132 Å². The molecule has 1 heterocycles. The maximum Gasteiger partial charge on any atom is 0.398 e. The van der Waals surface area contributed by atoms with E-state index >= 15 is 0 Å². The number of nitrogens with zero attached hydrogens (tertiary/aromatic N) is 1. The Morgan fingerprint density at radius 2 is 2.23 bits per heavy atom. The van der Waals surface area contributed by atoms with Gasteiger partial charge in [0.1, 0.15) is 5.03 Å². The average Bonchev–Trinajstić information content (AvgIpc) is 2.44. The lowest BCUT2D eigenvalue weighted by atomic mass is 9.87. The smallest absolute Gasteiger partial charge is 0.349 e. The number of halogens is 3. The van der Waals surface area contributed by atoms with Crippen LogP contribution < -0.4 is 5.32 Å². The number of aromatic nitrogens is 1. The monoisotopic (exact) mass is 332 g/mol. The zero-order valence-corrected chi connectivity index (χ0v) is 13.1. The first-order chi connectivity index (χ1) is 10.3. The van der Waals surface area contributed by atoms with Gasteiger partial charge in [0.2, 0.25) is 0 Å². The average molecular weight is 332 g/mol. The van der Waals surface area contributed by atoms with Gasteiger partial charge in [-0.3, -0.25) is 4.79 Å². The van der Waals surface area contributed by atoms with Gasteiger partial charge >= 0.3 is 6.18 Å². The van der Waals surface area contributed by atoms with Crippen LogP contribution in [0.5, 0.6) is 0 Å². The molecule has 1 aromatic rings. The number of pyridine rings is 1. The van der Waals surface area contributed by atoms with Crippen LogP contribution in [-0.2, 0) is 0 Å². The number of nitrogens with one attached hydrogen (secondary N) is 1. The lowest BCUT2D eigenvalue weighted by Gasteiger charge is -2.27. The van der Waals surface area contributed by atoms with Crippen molar-refractivity contribution in [1.82, 2.24) is 10.3 Å². The summed E-state index contributed by atoms with van der Waals surface area (Å²) in [4.78, 5) is 16.2. The topological polar surface area (TPSA) is 42.0 Å². The summed E-state index contributed by atoms with van der Waals surface area (Å²) in [6.07, 6.45) is 1.17. The summed E-state index contributed by atoms with van der Waals surface area (Å²) in [6, 6.07) is 3.18. The summed E-state index contributed by atoms with van der Waals surface area (Å²) in [5.74, 6) is -0.825. The summed E-state index contributed by atoms with van der Waals surface area (Å²) < 4.78 is 37.0. The third-order valence-corrected chi connectivity index (χ3v) is 4.73. The molecule has 1 aliphatic rings. The zero-order valence-electron chi connectivity index (χ0n) is 12.3. The van der Waals surface area contributed by atoms with E-state index in [2.05, 4.69) is 17.2 Å². The molecule has 1 saturated carbocycles. The van der Waals surface area contributed by atoms with E-state index < -0.39 is 11.9 Å². The molecule has 22 heavy (non-hydrogen) atoms. The molecule has 0 radical (unpaired) electrons. The highest BCUT2D eigenvalue weighted by molar-refractivity contribution is 7.99. The van der Waals surface area contributed by atoms with Gasteiger partial charge in [0.05, 0.1) is 11.3 Å². The van der Waals surface area contributed by atoms with Gasteiger partial charge in [-0.1, -0.05) is 31.5 Å². The standard InChI is InChI=1S/C15H19F3N2OS/c1-10-4-2-5-11(8-10)20-13(21)12-6-3-7-19-14(12)22-9-15(16,17)18/h3,6-7,10-11H,2,4-5,8-9H2,1H3,(H,20,21)/t10-,11-/m1/s1. The van der Waals surface area contributed by atoms with Gasteiger partial charge in [-0.2, -0.15) is 13.2 Å². The molecule has 0 spiro atoms. The van der Waals surface area contributed by atoms with E-state index in [1.807, 2.05) is 0 Å². The van der Waals surface area contributed by atoms with Crippen LogP contribution >= 0.6 is 11.8 Å². The Hall–Kier alpha value is -1.24. The van der Waals surface area contributed by atoms with Gasteiger partial charge in [0.25, 0.3) is 5.91 Å². The van der Waals surface area contributed by atoms with E-state index in [1.54, 1.807) is 6.07 Å². The summed E-state index contributed by atoms with van der Waals surface area (Å²) in [5.41, 5.74) is 0.218. The molecule has 1 N–H and O–H groups in total. The molecule has 122 valence electrons. The fourth-order valence-corrected chi connectivity index (χ4v) is 3.41. The number of carbonyl (C=O) groups excluding carboxylic acids is 1. The van der Waals surface area contributed by atoms with E-state index in [0.717, 1.165) is 25.7 Å². The van der Waals surface area contributed by atoms with Crippen molar-refractivity contribution >= 4 is 17.7 Å². The molecule has 0 unspecified atom stereocenters. The Bertz CT molecular complexity index is 522. The maximum atomic E-state index is 12.3. The van der Waals surface area contributed by atoms with Gasteiger partial charge < -0.3 is 5.32 Å². The molecule has 0 aliphatic heterocycles. The highest BCUT2D eigenvalue weighted by atomic mass is 32.2. The number of rotatable bonds is 4. The third-order valence-electron chi connectivity index (χ3n) is 3.66. The van der Waals surface area contributed by atoms with E-state index in [4.69, 9.17) is 0 Å². The Morgan fingerprint density at radius 3 is 2.91 bits per heavy atom.